The lowest BCUT2D eigenvalue weighted by molar-refractivity contribution is 0.0600. The van der Waals surface area contributed by atoms with Gasteiger partial charge in [-0.3, -0.25) is 0 Å². The van der Waals surface area contributed by atoms with Crippen molar-refractivity contribution >= 4 is 28.8 Å². The zero-order valence-corrected chi connectivity index (χ0v) is 13.3. The van der Waals surface area contributed by atoms with Crippen LogP contribution in [-0.4, -0.2) is 22.6 Å². The first-order valence-corrected chi connectivity index (χ1v) is 7.89. The molecule has 0 amide bonds. The van der Waals surface area contributed by atoms with Gasteiger partial charge in [-0.15, -0.1) is 0 Å². The van der Waals surface area contributed by atoms with Crippen molar-refractivity contribution in [2.45, 2.75) is 10.9 Å². The van der Waals surface area contributed by atoms with Crippen LogP contribution in [0.25, 0.3) is 11.0 Å². The number of imidazole rings is 1. The molecule has 0 aliphatic heterocycles. The SMILES string of the molecule is COC(=O)c1ccc(CSc2nc3ccccc3n2C)cc1. The Morgan fingerprint density at radius 2 is 1.91 bits per heavy atom. The van der Waals surface area contributed by atoms with Crippen LogP contribution in [0, 0.1) is 0 Å². The predicted molar refractivity (Wildman–Crippen MR) is 88.1 cm³/mol. The molecule has 0 aliphatic carbocycles. The van der Waals surface area contributed by atoms with E-state index in [-0.39, 0.29) is 5.97 Å². The van der Waals surface area contributed by atoms with Gasteiger partial charge in [-0.2, -0.15) is 0 Å². The second-order valence-corrected chi connectivity index (χ2v) is 5.86. The molecule has 0 spiro atoms. The number of hydrogen-bond donors (Lipinski definition) is 0. The van der Waals surface area contributed by atoms with Gasteiger partial charge < -0.3 is 9.30 Å². The molecule has 1 heterocycles. The molecular formula is C17H16N2O2S. The summed E-state index contributed by atoms with van der Waals surface area (Å²) in [4.78, 5) is 16.0. The molecule has 0 saturated carbocycles. The summed E-state index contributed by atoms with van der Waals surface area (Å²) >= 11 is 1.68. The largest absolute Gasteiger partial charge is 0.465 e. The highest BCUT2D eigenvalue weighted by molar-refractivity contribution is 7.98. The fraction of sp³-hybridized carbons (Fsp3) is 0.176. The van der Waals surface area contributed by atoms with E-state index in [9.17, 15) is 4.79 Å². The maximum atomic E-state index is 11.4. The summed E-state index contributed by atoms with van der Waals surface area (Å²) in [5, 5.41) is 0.984. The number of benzene rings is 2. The van der Waals surface area contributed by atoms with Crippen molar-refractivity contribution in [2.75, 3.05) is 7.11 Å². The van der Waals surface area contributed by atoms with E-state index < -0.39 is 0 Å². The van der Waals surface area contributed by atoms with Crippen molar-refractivity contribution in [1.29, 1.82) is 0 Å². The molecule has 3 aromatic rings. The number of nitrogens with zero attached hydrogens (tertiary/aromatic N) is 2. The van der Waals surface area contributed by atoms with Crippen LogP contribution in [0.1, 0.15) is 15.9 Å². The summed E-state index contributed by atoms with van der Waals surface area (Å²) in [6, 6.07) is 15.6. The van der Waals surface area contributed by atoms with Crippen molar-refractivity contribution in [1.82, 2.24) is 9.55 Å². The molecule has 2 aromatic carbocycles. The van der Waals surface area contributed by atoms with Crippen LogP contribution in [0.2, 0.25) is 0 Å². The molecule has 22 heavy (non-hydrogen) atoms. The second kappa shape index (κ2) is 6.23. The van der Waals surface area contributed by atoms with Gasteiger partial charge in [0.1, 0.15) is 0 Å². The van der Waals surface area contributed by atoms with Crippen molar-refractivity contribution in [3.8, 4) is 0 Å². The number of para-hydroxylation sites is 2. The molecule has 0 unspecified atom stereocenters. The van der Waals surface area contributed by atoms with Crippen molar-refractivity contribution < 1.29 is 9.53 Å². The lowest BCUT2D eigenvalue weighted by Gasteiger charge is -2.04. The van der Waals surface area contributed by atoms with Gasteiger partial charge in [0.15, 0.2) is 5.16 Å². The standard InChI is InChI=1S/C17H16N2O2S/c1-19-15-6-4-3-5-14(15)18-17(19)22-11-12-7-9-13(10-8-12)16(20)21-2/h3-10H,11H2,1-2H3. The van der Waals surface area contributed by atoms with E-state index in [4.69, 9.17) is 4.74 Å². The van der Waals surface area contributed by atoms with Crippen molar-refractivity contribution in [3.05, 3.63) is 59.7 Å². The van der Waals surface area contributed by atoms with Crippen LogP contribution in [0.4, 0.5) is 0 Å². The third-order valence-corrected chi connectivity index (χ3v) is 4.59. The Labute approximate surface area is 133 Å². The molecular weight excluding hydrogens is 296 g/mol. The Morgan fingerprint density at radius 3 is 2.59 bits per heavy atom. The van der Waals surface area contributed by atoms with Gasteiger partial charge in [0.2, 0.25) is 0 Å². The molecule has 0 radical (unpaired) electrons. The van der Waals surface area contributed by atoms with Gasteiger partial charge in [-0.1, -0.05) is 36.0 Å². The lowest BCUT2D eigenvalue weighted by Crippen LogP contribution is -2.00. The number of carbonyl (C=O) groups is 1. The fourth-order valence-electron chi connectivity index (χ4n) is 2.26. The smallest absolute Gasteiger partial charge is 0.337 e. The highest BCUT2D eigenvalue weighted by atomic mass is 32.2. The molecule has 1 aromatic heterocycles. The maximum absolute atomic E-state index is 11.4. The number of aryl methyl sites for hydroxylation is 1. The predicted octanol–water partition coefficient (Wildman–Crippen LogP) is 3.65. The van der Waals surface area contributed by atoms with Crippen molar-refractivity contribution in [3.63, 3.8) is 0 Å². The van der Waals surface area contributed by atoms with E-state index in [0.717, 1.165) is 27.5 Å². The molecule has 0 bridgehead atoms. The summed E-state index contributed by atoms with van der Waals surface area (Å²) in [5.41, 5.74) is 3.85. The highest BCUT2D eigenvalue weighted by Crippen LogP contribution is 2.25. The number of methoxy groups -OCH3 is 1. The lowest BCUT2D eigenvalue weighted by atomic mass is 10.1. The van der Waals surface area contributed by atoms with Gasteiger partial charge in [0.25, 0.3) is 0 Å². The molecule has 3 rings (SSSR count). The monoisotopic (exact) mass is 312 g/mol. The Balaban J connectivity index is 1.74. The summed E-state index contributed by atoms with van der Waals surface area (Å²) in [6.45, 7) is 0. The van der Waals surface area contributed by atoms with Gasteiger partial charge >= 0.3 is 5.97 Å². The number of rotatable bonds is 4. The van der Waals surface area contributed by atoms with Crippen LogP contribution >= 0.6 is 11.8 Å². The highest BCUT2D eigenvalue weighted by Gasteiger charge is 2.08. The first kappa shape index (κ1) is 14.7. The summed E-state index contributed by atoms with van der Waals surface area (Å²) < 4.78 is 6.80. The number of ether oxygens (including phenoxy) is 1. The Bertz CT molecular complexity index is 809. The minimum Gasteiger partial charge on any atom is -0.465 e. The number of esters is 1. The van der Waals surface area contributed by atoms with Gasteiger partial charge in [-0.05, 0) is 29.8 Å². The Kier molecular flexibility index (Phi) is 4.15. The van der Waals surface area contributed by atoms with E-state index >= 15 is 0 Å². The first-order chi connectivity index (χ1) is 10.7. The zero-order chi connectivity index (χ0) is 15.5. The Hall–Kier alpha value is -2.27. The minimum atomic E-state index is -0.311. The summed E-state index contributed by atoms with van der Waals surface area (Å²) in [5.74, 6) is 0.494. The van der Waals surface area contributed by atoms with E-state index in [1.165, 1.54) is 7.11 Å². The second-order valence-electron chi connectivity index (χ2n) is 4.92. The molecule has 0 saturated heterocycles. The maximum Gasteiger partial charge on any atom is 0.337 e. The zero-order valence-electron chi connectivity index (χ0n) is 12.4. The minimum absolute atomic E-state index is 0.311. The van der Waals surface area contributed by atoms with E-state index in [1.54, 1.807) is 23.9 Å². The van der Waals surface area contributed by atoms with Crippen LogP contribution in [0.15, 0.2) is 53.7 Å². The van der Waals surface area contributed by atoms with E-state index in [1.807, 2.05) is 37.4 Å². The topological polar surface area (TPSA) is 44.1 Å². The summed E-state index contributed by atoms with van der Waals surface area (Å²) in [7, 11) is 3.41. The molecule has 0 atom stereocenters. The van der Waals surface area contributed by atoms with Gasteiger partial charge in [-0.25, -0.2) is 9.78 Å². The van der Waals surface area contributed by atoms with Crippen LogP contribution < -0.4 is 0 Å². The molecule has 112 valence electrons. The van der Waals surface area contributed by atoms with Crippen LogP contribution in [0.5, 0.6) is 0 Å². The van der Waals surface area contributed by atoms with Crippen molar-refractivity contribution in [2.24, 2.45) is 7.05 Å². The normalized spacial score (nSPS) is 10.8. The molecule has 4 nitrogen and oxygen atoms in total. The third kappa shape index (κ3) is 2.85. The number of aromatic nitrogens is 2. The fourth-order valence-corrected chi connectivity index (χ4v) is 3.20. The average Bonchev–Trinajstić information content (AvgIpc) is 2.89. The number of carbonyl (C=O) groups excluding carboxylic acids is 1. The van der Waals surface area contributed by atoms with Gasteiger partial charge in [0, 0.05) is 12.8 Å². The average molecular weight is 312 g/mol. The Morgan fingerprint density at radius 1 is 1.18 bits per heavy atom. The third-order valence-electron chi connectivity index (χ3n) is 3.49. The quantitative estimate of drug-likeness (QED) is 0.545. The molecule has 0 aliphatic rings. The number of thioether (sulfide) groups is 1. The number of hydrogen-bond acceptors (Lipinski definition) is 4. The van der Waals surface area contributed by atoms with E-state index in [2.05, 4.69) is 15.6 Å². The molecule has 0 N–H and O–H groups in total. The number of fused-ring (bicyclic) bond motifs is 1. The van der Waals surface area contributed by atoms with Gasteiger partial charge in [0.05, 0.1) is 23.7 Å². The molecule has 5 heteroatoms. The van der Waals surface area contributed by atoms with E-state index in [0.29, 0.717) is 5.56 Å². The first-order valence-electron chi connectivity index (χ1n) is 6.90. The van der Waals surface area contributed by atoms with Crippen LogP contribution in [-0.2, 0) is 17.5 Å². The van der Waals surface area contributed by atoms with Crippen LogP contribution in [0.3, 0.4) is 0 Å². The molecule has 0 fully saturated rings. The summed E-state index contributed by atoms with van der Waals surface area (Å²) in [6.07, 6.45) is 0.